The van der Waals surface area contributed by atoms with Gasteiger partial charge < -0.3 is 11.1 Å². The lowest BCUT2D eigenvalue weighted by molar-refractivity contribution is 0.867. The van der Waals surface area contributed by atoms with Gasteiger partial charge in [-0.15, -0.1) is 0 Å². The van der Waals surface area contributed by atoms with Gasteiger partial charge in [0.15, 0.2) is 0 Å². The van der Waals surface area contributed by atoms with Crippen molar-refractivity contribution in [2.75, 3.05) is 11.1 Å². The van der Waals surface area contributed by atoms with Gasteiger partial charge in [-0.3, -0.25) is 0 Å². The van der Waals surface area contributed by atoms with Gasteiger partial charge in [-0.2, -0.15) is 0 Å². The molecule has 0 saturated heterocycles. The van der Waals surface area contributed by atoms with Crippen molar-refractivity contribution >= 4 is 17.3 Å². The third kappa shape index (κ3) is 3.02. The Morgan fingerprint density at radius 3 is 2.74 bits per heavy atom. The molecule has 2 rings (SSSR count). The average Bonchev–Trinajstić information content (AvgIpc) is 2.39. The first-order valence-corrected chi connectivity index (χ1v) is 6.58. The number of hydrogen-bond acceptors (Lipinski definition) is 4. The predicted octanol–water partition coefficient (Wildman–Crippen LogP) is 3.49. The second kappa shape index (κ2) is 5.69. The molecule has 4 heteroatoms. The molecule has 0 spiro atoms. The van der Waals surface area contributed by atoms with Crippen molar-refractivity contribution in [3.05, 3.63) is 41.7 Å². The van der Waals surface area contributed by atoms with Gasteiger partial charge in [0, 0.05) is 11.3 Å². The highest BCUT2D eigenvalue weighted by Crippen LogP contribution is 2.24. The maximum absolute atomic E-state index is 5.87. The number of nitrogens with two attached hydrogens (primary N) is 1. The van der Waals surface area contributed by atoms with Gasteiger partial charge in [-0.25, -0.2) is 9.97 Å². The first-order valence-electron chi connectivity index (χ1n) is 6.58. The molecule has 0 fully saturated rings. The van der Waals surface area contributed by atoms with E-state index in [-0.39, 0.29) is 0 Å². The molecule has 0 aliphatic rings. The van der Waals surface area contributed by atoms with E-state index in [0.717, 1.165) is 23.5 Å². The van der Waals surface area contributed by atoms with Crippen molar-refractivity contribution in [3.8, 4) is 0 Å². The molecule has 2 aromatic rings. The quantitative estimate of drug-likeness (QED) is 0.879. The molecule has 0 unspecified atom stereocenters. The molecule has 0 atom stereocenters. The maximum atomic E-state index is 5.87. The molecule has 19 heavy (non-hydrogen) atoms. The Morgan fingerprint density at radius 2 is 2.05 bits per heavy atom. The van der Waals surface area contributed by atoms with E-state index in [9.17, 15) is 0 Å². The molecule has 1 heterocycles. The SMILES string of the molecule is CCc1c(N)ncnc1Nc1cccc(C(C)C)c1. The fraction of sp³-hybridized carbons (Fsp3) is 0.333. The summed E-state index contributed by atoms with van der Waals surface area (Å²) in [7, 11) is 0. The van der Waals surface area contributed by atoms with Crippen LogP contribution in [0.3, 0.4) is 0 Å². The van der Waals surface area contributed by atoms with E-state index in [1.165, 1.54) is 11.9 Å². The molecule has 0 aliphatic carbocycles. The van der Waals surface area contributed by atoms with Crippen LogP contribution in [0.25, 0.3) is 0 Å². The standard InChI is InChI=1S/C15H20N4/c1-4-13-14(16)17-9-18-15(13)19-12-7-5-6-11(8-12)10(2)3/h5-10H,4H2,1-3H3,(H3,16,17,18,19). The number of nitrogens with zero attached hydrogens (tertiary/aromatic N) is 2. The topological polar surface area (TPSA) is 63.8 Å². The van der Waals surface area contributed by atoms with Gasteiger partial charge in [0.1, 0.15) is 18.0 Å². The van der Waals surface area contributed by atoms with Crippen molar-refractivity contribution in [1.82, 2.24) is 9.97 Å². The number of anilines is 3. The van der Waals surface area contributed by atoms with Gasteiger partial charge in [0.2, 0.25) is 0 Å². The molecule has 0 amide bonds. The molecule has 4 nitrogen and oxygen atoms in total. The van der Waals surface area contributed by atoms with E-state index in [4.69, 9.17) is 5.73 Å². The molecular formula is C15H20N4. The Morgan fingerprint density at radius 1 is 1.26 bits per heavy atom. The number of nitrogens with one attached hydrogen (secondary N) is 1. The van der Waals surface area contributed by atoms with Crippen molar-refractivity contribution in [2.24, 2.45) is 0 Å². The summed E-state index contributed by atoms with van der Waals surface area (Å²) in [5, 5.41) is 3.33. The first kappa shape index (κ1) is 13.3. The molecule has 0 radical (unpaired) electrons. The Labute approximate surface area is 114 Å². The van der Waals surface area contributed by atoms with Crippen LogP contribution in [0.4, 0.5) is 17.3 Å². The van der Waals surface area contributed by atoms with Crippen molar-refractivity contribution < 1.29 is 0 Å². The third-order valence-electron chi connectivity index (χ3n) is 3.15. The molecule has 0 saturated carbocycles. The van der Waals surface area contributed by atoms with Gasteiger partial charge >= 0.3 is 0 Å². The van der Waals surface area contributed by atoms with Crippen LogP contribution in [-0.4, -0.2) is 9.97 Å². The fourth-order valence-corrected chi connectivity index (χ4v) is 1.99. The number of nitrogen functional groups attached to an aromatic ring is 1. The summed E-state index contributed by atoms with van der Waals surface area (Å²) in [6.07, 6.45) is 2.29. The van der Waals surface area contributed by atoms with Crippen LogP contribution in [0.1, 0.15) is 37.8 Å². The molecule has 1 aromatic carbocycles. The Bertz CT molecular complexity index is 564. The summed E-state index contributed by atoms with van der Waals surface area (Å²) in [6, 6.07) is 8.35. The highest BCUT2D eigenvalue weighted by atomic mass is 15.0. The van der Waals surface area contributed by atoms with E-state index in [2.05, 4.69) is 41.3 Å². The zero-order valence-corrected chi connectivity index (χ0v) is 11.6. The monoisotopic (exact) mass is 256 g/mol. The zero-order valence-electron chi connectivity index (χ0n) is 11.6. The summed E-state index contributed by atoms with van der Waals surface area (Å²) in [4.78, 5) is 8.30. The largest absolute Gasteiger partial charge is 0.383 e. The summed E-state index contributed by atoms with van der Waals surface area (Å²) in [6.45, 7) is 6.41. The molecule has 0 aliphatic heterocycles. The molecule has 100 valence electrons. The van der Waals surface area contributed by atoms with Crippen LogP contribution < -0.4 is 11.1 Å². The zero-order chi connectivity index (χ0) is 13.8. The van der Waals surface area contributed by atoms with E-state index >= 15 is 0 Å². The van der Waals surface area contributed by atoms with E-state index in [1.54, 1.807) is 0 Å². The number of benzene rings is 1. The van der Waals surface area contributed by atoms with Crippen LogP contribution in [0.15, 0.2) is 30.6 Å². The summed E-state index contributed by atoms with van der Waals surface area (Å²) < 4.78 is 0. The average molecular weight is 256 g/mol. The summed E-state index contributed by atoms with van der Waals surface area (Å²) in [5.41, 5.74) is 9.15. The second-order valence-corrected chi connectivity index (χ2v) is 4.84. The van der Waals surface area contributed by atoms with Gasteiger partial charge in [0.25, 0.3) is 0 Å². The lowest BCUT2D eigenvalue weighted by atomic mass is 10.0. The van der Waals surface area contributed by atoms with Crippen LogP contribution in [0.2, 0.25) is 0 Å². The highest BCUT2D eigenvalue weighted by Gasteiger charge is 2.08. The van der Waals surface area contributed by atoms with E-state index in [0.29, 0.717) is 11.7 Å². The summed E-state index contributed by atoms with van der Waals surface area (Å²) in [5.74, 6) is 1.83. The maximum Gasteiger partial charge on any atom is 0.139 e. The fourth-order valence-electron chi connectivity index (χ4n) is 1.99. The van der Waals surface area contributed by atoms with Gasteiger partial charge in [-0.05, 0) is 30.0 Å². The second-order valence-electron chi connectivity index (χ2n) is 4.84. The normalized spacial score (nSPS) is 10.7. The number of aromatic nitrogens is 2. The minimum atomic E-state index is 0.503. The molecule has 0 bridgehead atoms. The molecular weight excluding hydrogens is 236 g/mol. The van der Waals surface area contributed by atoms with E-state index in [1.807, 2.05) is 19.1 Å². The van der Waals surface area contributed by atoms with Crippen LogP contribution in [0.5, 0.6) is 0 Å². The van der Waals surface area contributed by atoms with Crippen molar-refractivity contribution in [3.63, 3.8) is 0 Å². The minimum Gasteiger partial charge on any atom is -0.383 e. The molecule has 3 N–H and O–H groups in total. The van der Waals surface area contributed by atoms with Gasteiger partial charge in [0.05, 0.1) is 0 Å². The van der Waals surface area contributed by atoms with E-state index < -0.39 is 0 Å². The minimum absolute atomic E-state index is 0.503. The lowest BCUT2D eigenvalue weighted by Gasteiger charge is -2.13. The highest BCUT2D eigenvalue weighted by molar-refractivity contribution is 5.64. The number of rotatable bonds is 4. The molecule has 1 aromatic heterocycles. The van der Waals surface area contributed by atoms with Gasteiger partial charge in [-0.1, -0.05) is 32.9 Å². The Balaban J connectivity index is 2.31. The van der Waals surface area contributed by atoms with Crippen molar-refractivity contribution in [1.29, 1.82) is 0 Å². The summed E-state index contributed by atoms with van der Waals surface area (Å²) >= 11 is 0. The third-order valence-corrected chi connectivity index (χ3v) is 3.15. The number of hydrogen-bond donors (Lipinski definition) is 2. The smallest absolute Gasteiger partial charge is 0.139 e. The van der Waals surface area contributed by atoms with Crippen LogP contribution in [-0.2, 0) is 6.42 Å². The van der Waals surface area contributed by atoms with Crippen molar-refractivity contribution in [2.45, 2.75) is 33.1 Å². The Kier molecular flexibility index (Phi) is 4.00. The first-order chi connectivity index (χ1) is 9.11. The Hall–Kier alpha value is -2.10. The van der Waals surface area contributed by atoms with Crippen LogP contribution in [0, 0.1) is 0 Å². The predicted molar refractivity (Wildman–Crippen MR) is 79.6 cm³/mol. The van der Waals surface area contributed by atoms with Crippen LogP contribution >= 0.6 is 0 Å². The lowest BCUT2D eigenvalue weighted by Crippen LogP contribution is -2.04.